The minimum absolute atomic E-state index is 0.619. The molecule has 0 N–H and O–H groups in total. The van der Waals surface area contributed by atoms with E-state index in [1.165, 1.54) is 19.1 Å². The average Bonchev–Trinajstić information content (AvgIpc) is 2.03. The Morgan fingerprint density at radius 2 is 1.42 bits per heavy atom. The molecule has 0 spiro atoms. The topological polar surface area (TPSA) is 55.8 Å². The van der Waals surface area contributed by atoms with E-state index in [4.69, 9.17) is 0 Å². The van der Waals surface area contributed by atoms with Gasteiger partial charge in [-0.05, 0) is 14.1 Å². The highest BCUT2D eigenvalue weighted by Gasteiger charge is 2.30. The molecule has 0 radical (unpaired) electrons. The van der Waals surface area contributed by atoms with Crippen LogP contribution in [0.2, 0.25) is 0 Å². The molecule has 5 nitrogen and oxygen atoms in total. The van der Waals surface area contributed by atoms with Crippen LogP contribution in [0.25, 0.3) is 0 Å². The molecule has 0 heterocycles. The molecule has 0 atom stereocenters. The lowest BCUT2D eigenvalue weighted by atomic mass is 10.3. The Bertz CT molecular complexity index is 162. The van der Waals surface area contributed by atoms with Gasteiger partial charge in [0.05, 0.1) is 14.2 Å². The number of ether oxygens (including phenoxy) is 2. The zero-order chi connectivity index (χ0) is 9.72. The summed E-state index contributed by atoms with van der Waals surface area (Å²) in [6.45, 7) is 0. The Morgan fingerprint density at radius 3 is 1.58 bits per heavy atom. The zero-order valence-electron chi connectivity index (χ0n) is 7.66. The molecule has 0 aliphatic carbocycles. The van der Waals surface area contributed by atoms with Gasteiger partial charge in [-0.3, -0.25) is 4.90 Å². The minimum atomic E-state index is -0.972. The SMILES string of the molecule is COC(=O)C(C(=O)OC)N(C)C. The number of hydrogen-bond donors (Lipinski definition) is 0. The normalized spacial score (nSPS) is 10.2. The first-order chi connectivity index (χ1) is 5.54. The van der Waals surface area contributed by atoms with Gasteiger partial charge in [0.1, 0.15) is 0 Å². The second-order valence-electron chi connectivity index (χ2n) is 2.41. The van der Waals surface area contributed by atoms with Crippen LogP contribution in [0.5, 0.6) is 0 Å². The lowest BCUT2D eigenvalue weighted by molar-refractivity contribution is -0.159. The molecule has 0 rings (SSSR count). The lowest BCUT2D eigenvalue weighted by Crippen LogP contribution is -2.43. The third-order valence-electron chi connectivity index (χ3n) is 1.37. The standard InChI is InChI=1S/C7H13NO4/c1-8(2)5(6(9)11-3)7(10)12-4/h5H,1-4H3. The van der Waals surface area contributed by atoms with Crippen LogP contribution in [0.1, 0.15) is 0 Å². The highest BCUT2D eigenvalue weighted by Crippen LogP contribution is 1.98. The molecule has 70 valence electrons. The van der Waals surface area contributed by atoms with Gasteiger partial charge in [0.25, 0.3) is 0 Å². The van der Waals surface area contributed by atoms with Gasteiger partial charge in [-0.2, -0.15) is 0 Å². The van der Waals surface area contributed by atoms with Crippen LogP contribution in [0.15, 0.2) is 0 Å². The molecule has 0 aromatic heterocycles. The van der Waals surface area contributed by atoms with Crippen molar-refractivity contribution in [2.24, 2.45) is 0 Å². The highest BCUT2D eigenvalue weighted by molar-refractivity contribution is 5.99. The van der Waals surface area contributed by atoms with Crippen molar-refractivity contribution in [1.82, 2.24) is 4.90 Å². The summed E-state index contributed by atoms with van der Waals surface area (Å²) in [5.74, 6) is -1.24. The van der Waals surface area contributed by atoms with Crippen molar-refractivity contribution < 1.29 is 19.1 Å². The summed E-state index contributed by atoms with van der Waals surface area (Å²) in [5.41, 5.74) is 0. The summed E-state index contributed by atoms with van der Waals surface area (Å²) in [6.07, 6.45) is 0. The van der Waals surface area contributed by atoms with Crippen molar-refractivity contribution in [2.75, 3.05) is 28.3 Å². The molecule has 0 saturated carbocycles. The number of esters is 2. The molecule has 0 bridgehead atoms. The average molecular weight is 175 g/mol. The van der Waals surface area contributed by atoms with E-state index < -0.39 is 18.0 Å². The van der Waals surface area contributed by atoms with Crippen molar-refractivity contribution in [3.63, 3.8) is 0 Å². The van der Waals surface area contributed by atoms with Gasteiger partial charge in [0.15, 0.2) is 0 Å². The molecular formula is C7H13NO4. The van der Waals surface area contributed by atoms with Crippen molar-refractivity contribution >= 4 is 11.9 Å². The van der Waals surface area contributed by atoms with E-state index in [-0.39, 0.29) is 0 Å². The Hall–Kier alpha value is -1.10. The first-order valence-corrected chi connectivity index (χ1v) is 3.36. The molecule has 0 amide bonds. The lowest BCUT2D eigenvalue weighted by Gasteiger charge is -2.18. The maximum Gasteiger partial charge on any atom is 0.334 e. The van der Waals surface area contributed by atoms with Gasteiger partial charge in [-0.1, -0.05) is 0 Å². The van der Waals surface area contributed by atoms with Gasteiger partial charge in [-0.25, -0.2) is 9.59 Å². The summed E-state index contributed by atoms with van der Waals surface area (Å²) in [6, 6.07) is -0.972. The quantitative estimate of drug-likeness (QED) is 0.418. The second kappa shape index (κ2) is 4.71. The van der Waals surface area contributed by atoms with Gasteiger partial charge in [0.2, 0.25) is 6.04 Å². The molecule has 0 aromatic carbocycles. The zero-order valence-corrected chi connectivity index (χ0v) is 7.66. The number of rotatable bonds is 3. The fourth-order valence-electron chi connectivity index (χ4n) is 0.741. The summed E-state index contributed by atoms with van der Waals surface area (Å²) < 4.78 is 8.83. The molecule has 0 unspecified atom stereocenters. The van der Waals surface area contributed by atoms with Crippen molar-refractivity contribution in [3.8, 4) is 0 Å². The van der Waals surface area contributed by atoms with E-state index in [2.05, 4.69) is 9.47 Å². The number of carbonyl (C=O) groups is 2. The molecule has 0 saturated heterocycles. The number of nitrogens with zero attached hydrogens (tertiary/aromatic N) is 1. The number of likely N-dealkylation sites (N-methyl/N-ethyl adjacent to an activating group) is 1. The first kappa shape index (κ1) is 10.9. The van der Waals surface area contributed by atoms with Crippen LogP contribution < -0.4 is 0 Å². The summed E-state index contributed by atoms with van der Waals surface area (Å²) in [4.78, 5) is 23.4. The van der Waals surface area contributed by atoms with E-state index in [0.29, 0.717) is 0 Å². The van der Waals surface area contributed by atoms with E-state index in [1.807, 2.05) is 0 Å². The fourth-order valence-corrected chi connectivity index (χ4v) is 0.741. The van der Waals surface area contributed by atoms with Crippen molar-refractivity contribution in [3.05, 3.63) is 0 Å². The molecular weight excluding hydrogens is 162 g/mol. The molecule has 5 heteroatoms. The largest absolute Gasteiger partial charge is 0.467 e. The van der Waals surface area contributed by atoms with Crippen LogP contribution in [0, 0.1) is 0 Å². The van der Waals surface area contributed by atoms with Crippen molar-refractivity contribution in [1.29, 1.82) is 0 Å². The number of methoxy groups -OCH3 is 2. The van der Waals surface area contributed by atoms with Crippen molar-refractivity contribution in [2.45, 2.75) is 6.04 Å². The molecule has 0 fully saturated rings. The third-order valence-corrected chi connectivity index (χ3v) is 1.37. The highest BCUT2D eigenvalue weighted by atomic mass is 16.5. The van der Waals surface area contributed by atoms with Gasteiger partial charge >= 0.3 is 11.9 Å². The van der Waals surface area contributed by atoms with E-state index in [9.17, 15) is 9.59 Å². The third kappa shape index (κ3) is 2.50. The number of hydrogen-bond acceptors (Lipinski definition) is 5. The molecule has 0 aromatic rings. The minimum Gasteiger partial charge on any atom is -0.467 e. The van der Waals surface area contributed by atoms with Crippen LogP contribution in [0.4, 0.5) is 0 Å². The Kier molecular flexibility index (Phi) is 4.28. The van der Waals surface area contributed by atoms with Gasteiger partial charge in [-0.15, -0.1) is 0 Å². The summed E-state index contributed by atoms with van der Waals surface area (Å²) in [5, 5.41) is 0. The van der Waals surface area contributed by atoms with E-state index in [0.717, 1.165) is 0 Å². The smallest absolute Gasteiger partial charge is 0.334 e. The number of carbonyl (C=O) groups excluding carboxylic acids is 2. The Balaban J connectivity index is 4.43. The first-order valence-electron chi connectivity index (χ1n) is 3.36. The Morgan fingerprint density at radius 1 is 1.08 bits per heavy atom. The molecule has 0 aliphatic heterocycles. The van der Waals surface area contributed by atoms with Crippen LogP contribution in [-0.2, 0) is 19.1 Å². The van der Waals surface area contributed by atoms with E-state index in [1.54, 1.807) is 14.1 Å². The molecule has 0 aliphatic rings. The second-order valence-corrected chi connectivity index (χ2v) is 2.41. The van der Waals surface area contributed by atoms with Crippen LogP contribution in [-0.4, -0.2) is 51.2 Å². The van der Waals surface area contributed by atoms with Crippen LogP contribution in [0.3, 0.4) is 0 Å². The van der Waals surface area contributed by atoms with Crippen LogP contribution >= 0.6 is 0 Å². The maximum atomic E-state index is 11.0. The van der Waals surface area contributed by atoms with E-state index >= 15 is 0 Å². The van der Waals surface area contributed by atoms with Gasteiger partial charge < -0.3 is 9.47 Å². The monoisotopic (exact) mass is 175 g/mol. The maximum absolute atomic E-state index is 11.0. The molecule has 12 heavy (non-hydrogen) atoms. The predicted octanol–water partition coefficient (Wildman–Crippen LogP) is -0.737. The fraction of sp³-hybridized carbons (Fsp3) is 0.714. The summed E-state index contributed by atoms with van der Waals surface area (Å²) >= 11 is 0. The predicted molar refractivity (Wildman–Crippen MR) is 41.5 cm³/mol. The van der Waals surface area contributed by atoms with Gasteiger partial charge in [0, 0.05) is 0 Å². The summed E-state index contributed by atoms with van der Waals surface area (Å²) in [7, 11) is 5.64. The Labute approximate surface area is 71.2 Å².